The van der Waals surface area contributed by atoms with Crippen molar-refractivity contribution in [3.63, 3.8) is 0 Å². The van der Waals surface area contributed by atoms with Gasteiger partial charge in [-0.2, -0.15) is 5.26 Å². The van der Waals surface area contributed by atoms with Crippen molar-refractivity contribution in [3.05, 3.63) is 29.3 Å². The molecule has 1 aromatic carbocycles. The van der Waals surface area contributed by atoms with E-state index in [0.717, 1.165) is 5.56 Å². The second-order valence-electron chi connectivity index (χ2n) is 2.96. The van der Waals surface area contributed by atoms with Gasteiger partial charge in [0.05, 0.1) is 10.5 Å². The van der Waals surface area contributed by atoms with Crippen LogP contribution in [0.2, 0.25) is 0 Å². The van der Waals surface area contributed by atoms with Crippen LogP contribution in [-0.4, -0.2) is 15.5 Å². The Morgan fingerprint density at radius 1 is 1.47 bits per heavy atom. The van der Waals surface area contributed by atoms with E-state index in [-0.39, 0.29) is 10.5 Å². The van der Waals surface area contributed by atoms with E-state index in [1.807, 2.05) is 13.0 Å². The Balaban J connectivity index is 3.52. The van der Waals surface area contributed by atoms with Crippen molar-refractivity contribution in [1.82, 2.24) is 4.72 Å². The maximum absolute atomic E-state index is 11.6. The first-order valence-electron chi connectivity index (χ1n) is 4.52. The van der Waals surface area contributed by atoms with Crippen molar-refractivity contribution < 1.29 is 8.42 Å². The Kier molecular flexibility index (Phi) is 3.45. The number of rotatable bonds is 3. The van der Waals surface area contributed by atoms with Gasteiger partial charge in [-0.25, -0.2) is 13.1 Å². The quantitative estimate of drug-likeness (QED) is 0.833. The van der Waals surface area contributed by atoms with Gasteiger partial charge in [0.25, 0.3) is 0 Å². The Morgan fingerprint density at radius 2 is 2.13 bits per heavy atom. The molecule has 0 aliphatic rings. The molecule has 0 atom stereocenters. The van der Waals surface area contributed by atoms with Crippen LogP contribution in [0.1, 0.15) is 18.1 Å². The van der Waals surface area contributed by atoms with Crippen molar-refractivity contribution in [3.8, 4) is 6.07 Å². The van der Waals surface area contributed by atoms with E-state index >= 15 is 0 Å². The maximum Gasteiger partial charge on any atom is 0.241 e. The number of nitrogens with one attached hydrogen (secondary N) is 1. The molecule has 0 aromatic heterocycles. The van der Waals surface area contributed by atoms with Crippen LogP contribution in [0.4, 0.5) is 0 Å². The molecule has 0 spiro atoms. The molecule has 1 rings (SSSR count). The molecule has 1 aromatic rings. The molecule has 0 saturated carbocycles. The zero-order valence-electron chi connectivity index (χ0n) is 8.61. The predicted octanol–water partition coefficient (Wildman–Crippen LogP) is 1.03. The van der Waals surface area contributed by atoms with Crippen molar-refractivity contribution in [2.24, 2.45) is 0 Å². The lowest BCUT2D eigenvalue weighted by Gasteiger charge is -2.07. The normalized spacial score (nSPS) is 11.0. The summed E-state index contributed by atoms with van der Waals surface area (Å²) in [6, 6.07) is 6.77. The van der Waals surface area contributed by atoms with Crippen molar-refractivity contribution >= 4 is 10.0 Å². The van der Waals surface area contributed by atoms with E-state index in [4.69, 9.17) is 5.26 Å². The SMILES string of the molecule is CCc1cccc(S(=O)(=O)NC)c1C#N. The second-order valence-corrected chi connectivity index (χ2v) is 4.82. The highest BCUT2D eigenvalue weighted by Crippen LogP contribution is 2.18. The lowest BCUT2D eigenvalue weighted by atomic mass is 10.1. The fraction of sp³-hybridized carbons (Fsp3) is 0.300. The number of hydrogen-bond acceptors (Lipinski definition) is 3. The van der Waals surface area contributed by atoms with Gasteiger partial charge in [-0.15, -0.1) is 0 Å². The molecule has 0 heterocycles. The molecule has 5 heteroatoms. The fourth-order valence-electron chi connectivity index (χ4n) is 1.33. The molecule has 0 amide bonds. The highest BCUT2D eigenvalue weighted by atomic mass is 32.2. The summed E-state index contributed by atoms with van der Waals surface area (Å²) in [7, 11) is -2.22. The van der Waals surface area contributed by atoms with Gasteiger partial charge in [0.1, 0.15) is 6.07 Å². The molecular formula is C10H12N2O2S. The van der Waals surface area contributed by atoms with E-state index in [2.05, 4.69) is 4.72 Å². The third kappa shape index (κ3) is 2.17. The lowest BCUT2D eigenvalue weighted by Crippen LogP contribution is -2.20. The number of hydrogen-bond donors (Lipinski definition) is 1. The van der Waals surface area contributed by atoms with Crippen molar-refractivity contribution in [1.29, 1.82) is 5.26 Å². The van der Waals surface area contributed by atoms with E-state index in [1.54, 1.807) is 12.1 Å². The molecule has 0 radical (unpaired) electrons. The van der Waals surface area contributed by atoms with E-state index in [0.29, 0.717) is 6.42 Å². The summed E-state index contributed by atoms with van der Waals surface area (Å²) >= 11 is 0. The molecule has 0 saturated heterocycles. The zero-order chi connectivity index (χ0) is 11.5. The van der Waals surface area contributed by atoms with E-state index in [1.165, 1.54) is 13.1 Å². The Bertz CT molecular complexity index is 501. The average Bonchev–Trinajstić information content (AvgIpc) is 2.27. The first-order chi connectivity index (χ1) is 7.06. The molecule has 0 fully saturated rings. The minimum Gasteiger partial charge on any atom is -0.214 e. The minimum absolute atomic E-state index is 0.0480. The summed E-state index contributed by atoms with van der Waals surface area (Å²) in [5.74, 6) is 0. The van der Waals surface area contributed by atoms with Gasteiger partial charge in [0, 0.05) is 0 Å². The van der Waals surface area contributed by atoms with Crippen LogP contribution < -0.4 is 4.72 Å². The highest BCUT2D eigenvalue weighted by Gasteiger charge is 2.18. The Morgan fingerprint density at radius 3 is 2.60 bits per heavy atom. The summed E-state index contributed by atoms with van der Waals surface area (Å²) in [5.41, 5.74) is 0.975. The molecule has 0 aliphatic heterocycles. The van der Waals surface area contributed by atoms with Crippen LogP contribution in [0, 0.1) is 11.3 Å². The minimum atomic E-state index is -3.55. The standard InChI is InChI=1S/C10H12N2O2S/c1-3-8-5-4-6-10(9(8)7-11)15(13,14)12-2/h4-6,12H,3H2,1-2H3. The molecule has 0 unspecified atom stereocenters. The van der Waals surface area contributed by atoms with Crippen LogP contribution in [0.25, 0.3) is 0 Å². The summed E-state index contributed by atoms with van der Waals surface area (Å²) in [4.78, 5) is 0.0480. The van der Waals surface area contributed by atoms with Gasteiger partial charge in [-0.05, 0) is 25.1 Å². The summed E-state index contributed by atoms with van der Waals surface area (Å²) < 4.78 is 25.4. The molecule has 15 heavy (non-hydrogen) atoms. The smallest absolute Gasteiger partial charge is 0.214 e. The van der Waals surface area contributed by atoms with Crippen LogP contribution in [0.3, 0.4) is 0 Å². The van der Waals surface area contributed by atoms with Gasteiger partial charge in [-0.3, -0.25) is 0 Å². The fourth-order valence-corrected chi connectivity index (χ4v) is 2.26. The molecule has 4 nitrogen and oxygen atoms in total. The topological polar surface area (TPSA) is 70.0 Å². The predicted molar refractivity (Wildman–Crippen MR) is 56.8 cm³/mol. The Hall–Kier alpha value is -1.38. The van der Waals surface area contributed by atoms with Gasteiger partial charge in [0.15, 0.2) is 0 Å². The van der Waals surface area contributed by atoms with Gasteiger partial charge in [0.2, 0.25) is 10.0 Å². The van der Waals surface area contributed by atoms with E-state index in [9.17, 15) is 8.42 Å². The first kappa shape index (κ1) is 11.7. The van der Waals surface area contributed by atoms with Gasteiger partial charge in [-0.1, -0.05) is 19.1 Å². The highest BCUT2D eigenvalue weighted by molar-refractivity contribution is 7.89. The molecule has 80 valence electrons. The summed E-state index contributed by atoms with van der Waals surface area (Å²) in [6.07, 6.45) is 0.635. The van der Waals surface area contributed by atoms with Gasteiger partial charge >= 0.3 is 0 Å². The lowest BCUT2D eigenvalue weighted by molar-refractivity contribution is 0.588. The van der Waals surface area contributed by atoms with Gasteiger partial charge < -0.3 is 0 Å². The zero-order valence-corrected chi connectivity index (χ0v) is 9.43. The number of benzene rings is 1. The maximum atomic E-state index is 11.6. The third-order valence-corrected chi connectivity index (χ3v) is 3.62. The van der Waals surface area contributed by atoms with Crippen LogP contribution in [0.15, 0.2) is 23.1 Å². The average molecular weight is 224 g/mol. The van der Waals surface area contributed by atoms with Crippen molar-refractivity contribution in [2.75, 3.05) is 7.05 Å². The van der Waals surface area contributed by atoms with Crippen LogP contribution in [-0.2, 0) is 16.4 Å². The summed E-state index contributed by atoms with van der Waals surface area (Å²) in [6.45, 7) is 1.88. The molecular weight excluding hydrogens is 212 g/mol. The first-order valence-corrected chi connectivity index (χ1v) is 6.00. The molecule has 0 aliphatic carbocycles. The molecule has 1 N–H and O–H groups in total. The number of nitriles is 1. The van der Waals surface area contributed by atoms with E-state index < -0.39 is 10.0 Å². The van der Waals surface area contributed by atoms with Crippen molar-refractivity contribution in [2.45, 2.75) is 18.2 Å². The summed E-state index contributed by atoms with van der Waals surface area (Å²) in [5, 5.41) is 8.95. The largest absolute Gasteiger partial charge is 0.241 e. The number of nitrogens with zero attached hydrogens (tertiary/aromatic N) is 1. The number of sulfonamides is 1. The monoisotopic (exact) mass is 224 g/mol. The second kappa shape index (κ2) is 4.43. The third-order valence-electron chi connectivity index (χ3n) is 2.16. The Labute approximate surface area is 89.6 Å². The molecule has 0 bridgehead atoms. The number of aryl methyl sites for hydroxylation is 1. The van der Waals surface area contributed by atoms with Crippen LogP contribution >= 0.6 is 0 Å². The van der Waals surface area contributed by atoms with Crippen LogP contribution in [0.5, 0.6) is 0 Å².